The van der Waals surface area contributed by atoms with Crippen LogP contribution in [-0.4, -0.2) is 38.0 Å². The zero-order valence-corrected chi connectivity index (χ0v) is 7.23. The molecule has 0 spiro atoms. The summed E-state index contributed by atoms with van der Waals surface area (Å²) in [6, 6.07) is 0.180. The van der Waals surface area contributed by atoms with Crippen LogP contribution in [0.25, 0.3) is 0 Å². The van der Waals surface area contributed by atoms with Gasteiger partial charge in [0.1, 0.15) is 0 Å². The number of hydrogen-bond donors (Lipinski definition) is 2. The van der Waals surface area contributed by atoms with Crippen LogP contribution in [0.4, 0.5) is 5.95 Å². The van der Waals surface area contributed by atoms with E-state index in [0.29, 0.717) is 12.4 Å². The first kappa shape index (κ1) is 8.92. The first-order valence-corrected chi connectivity index (χ1v) is 3.83. The Balaban J connectivity index is 2.46. The van der Waals surface area contributed by atoms with Gasteiger partial charge in [-0.1, -0.05) is 5.10 Å². The Kier molecular flexibility index (Phi) is 2.98. The molecule has 1 unspecified atom stereocenters. The second-order valence-electron chi connectivity index (χ2n) is 2.68. The molecule has 6 heteroatoms. The van der Waals surface area contributed by atoms with Gasteiger partial charge in [-0.2, -0.15) is 0 Å². The summed E-state index contributed by atoms with van der Waals surface area (Å²) in [5, 5.41) is 22.6. The number of aliphatic hydroxyl groups excluding tert-OH is 1. The molecule has 0 aliphatic rings. The molecule has 0 fully saturated rings. The minimum absolute atomic E-state index is 0.166. The highest BCUT2D eigenvalue weighted by Gasteiger charge is 2.05. The van der Waals surface area contributed by atoms with E-state index in [1.165, 1.54) is 0 Å². The lowest BCUT2D eigenvalue weighted by atomic mass is 10.2. The molecular weight excluding hydrogens is 158 g/mol. The highest BCUT2D eigenvalue weighted by atomic mass is 16.3. The number of tetrazole rings is 1. The maximum atomic E-state index is 8.64. The third kappa shape index (κ3) is 2.16. The maximum Gasteiger partial charge on any atom is 0.242 e. The highest BCUT2D eigenvalue weighted by Crippen LogP contribution is 2.01. The van der Waals surface area contributed by atoms with Crippen LogP contribution in [0.2, 0.25) is 0 Å². The molecule has 0 aliphatic carbocycles. The van der Waals surface area contributed by atoms with Crippen molar-refractivity contribution >= 4 is 5.95 Å². The number of aromatic nitrogens is 4. The molecule has 0 bridgehead atoms. The van der Waals surface area contributed by atoms with E-state index in [9.17, 15) is 0 Å². The zero-order chi connectivity index (χ0) is 8.97. The Labute approximate surface area is 70.6 Å². The molecule has 0 saturated heterocycles. The quantitative estimate of drug-likeness (QED) is 0.632. The first-order valence-electron chi connectivity index (χ1n) is 3.83. The highest BCUT2D eigenvalue weighted by molar-refractivity contribution is 5.22. The summed E-state index contributed by atoms with van der Waals surface area (Å²) in [5.41, 5.74) is 0. The topological polar surface area (TPSA) is 75.9 Å². The number of nitrogens with one attached hydrogen (secondary N) is 1. The SMILES string of the molecule is CC(CCO)Nc1nnnn1C. The number of aryl methyl sites for hydroxylation is 1. The van der Waals surface area contributed by atoms with E-state index in [-0.39, 0.29) is 12.6 Å². The van der Waals surface area contributed by atoms with Gasteiger partial charge in [0.25, 0.3) is 0 Å². The van der Waals surface area contributed by atoms with Crippen LogP contribution in [0.3, 0.4) is 0 Å². The molecule has 2 N–H and O–H groups in total. The van der Waals surface area contributed by atoms with Crippen LogP contribution in [0.1, 0.15) is 13.3 Å². The fourth-order valence-electron chi connectivity index (χ4n) is 0.838. The summed E-state index contributed by atoms with van der Waals surface area (Å²) in [6.07, 6.45) is 0.687. The maximum absolute atomic E-state index is 8.64. The summed E-state index contributed by atoms with van der Waals surface area (Å²) in [5.74, 6) is 0.621. The molecule has 0 aliphatic heterocycles. The van der Waals surface area contributed by atoms with E-state index in [1.54, 1.807) is 11.7 Å². The minimum Gasteiger partial charge on any atom is -0.396 e. The fraction of sp³-hybridized carbons (Fsp3) is 0.833. The van der Waals surface area contributed by atoms with Gasteiger partial charge in [-0.25, -0.2) is 4.68 Å². The molecule has 1 rings (SSSR count). The normalized spacial score (nSPS) is 12.9. The van der Waals surface area contributed by atoms with Crippen LogP contribution in [0, 0.1) is 0 Å². The van der Waals surface area contributed by atoms with Crippen LogP contribution in [0.15, 0.2) is 0 Å². The van der Waals surface area contributed by atoms with Crippen molar-refractivity contribution in [3.63, 3.8) is 0 Å². The Morgan fingerprint density at radius 2 is 2.42 bits per heavy atom. The largest absolute Gasteiger partial charge is 0.396 e. The smallest absolute Gasteiger partial charge is 0.242 e. The fourth-order valence-corrected chi connectivity index (χ4v) is 0.838. The van der Waals surface area contributed by atoms with Crippen molar-refractivity contribution in [2.45, 2.75) is 19.4 Å². The molecular formula is C6H13N5O. The molecule has 0 amide bonds. The van der Waals surface area contributed by atoms with Crippen LogP contribution in [0.5, 0.6) is 0 Å². The molecule has 0 radical (unpaired) electrons. The molecule has 0 saturated carbocycles. The summed E-state index contributed by atoms with van der Waals surface area (Å²) in [4.78, 5) is 0. The Bertz CT molecular complexity index is 236. The summed E-state index contributed by atoms with van der Waals surface area (Å²) < 4.78 is 1.55. The second-order valence-corrected chi connectivity index (χ2v) is 2.68. The van der Waals surface area contributed by atoms with Crippen LogP contribution < -0.4 is 5.32 Å². The monoisotopic (exact) mass is 171 g/mol. The third-order valence-electron chi connectivity index (χ3n) is 1.56. The van der Waals surface area contributed by atoms with Gasteiger partial charge in [-0.05, 0) is 23.8 Å². The summed E-state index contributed by atoms with van der Waals surface area (Å²) in [6.45, 7) is 2.13. The molecule has 6 nitrogen and oxygen atoms in total. The van der Waals surface area contributed by atoms with E-state index >= 15 is 0 Å². The predicted molar refractivity (Wildman–Crippen MR) is 43.6 cm³/mol. The van der Waals surface area contributed by atoms with Gasteiger partial charge < -0.3 is 10.4 Å². The van der Waals surface area contributed by atoms with E-state index in [2.05, 4.69) is 20.8 Å². The first-order chi connectivity index (χ1) is 5.74. The Morgan fingerprint density at radius 1 is 1.67 bits per heavy atom. The van der Waals surface area contributed by atoms with Crippen molar-refractivity contribution < 1.29 is 5.11 Å². The van der Waals surface area contributed by atoms with Gasteiger partial charge in [0.15, 0.2) is 0 Å². The van der Waals surface area contributed by atoms with Crippen molar-refractivity contribution in [3.8, 4) is 0 Å². The van der Waals surface area contributed by atoms with Crippen molar-refractivity contribution in [2.75, 3.05) is 11.9 Å². The molecule has 1 heterocycles. The molecule has 1 atom stereocenters. The van der Waals surface area contributed by atoms with Gasteiger partial charge in [-0.15, -0.1) is 0 Å². The number of anilines is 1. The number of rotatable bonds is 4. The molecule has 12 heavy (non-hydrogen) atoms. The van der Waals surface area contributed by atoms with Crippen molar-refractivity contribution in [1.82, 2.24) is 20.2 Å². The summed E-state index contributed by atoms with van der Waals surface area (Å²) >= 11 is 0. The van der Waals surface area contributed by atoms with Crippen molar-refractivity contribution in [1.29, 1.82) is 0 Å². The second kappa shape index (κ2) is 4.01. The van der Waals surface area contributed by atoms with Gasteiger partial charge in [-0.3, -0.25) is 0 Å². The van der Waals surface area contributed by atoms with Crippen LogP contribution >= 0.6 is 0 Å². The Morgan fingerprint density at radius 3 is 2.92 bits per heavy atom. The minimum atomic E-state index is 0.166. The number of hydrogen-bond acceptors (Lipinski definition) is 5. The third-order valence-corrected chi connectivity index (χ3v) is 1.56. The summed E-state index contributed by atoms with van der Waals surface area (Å²) in [7, 11) is 1.76. The van der Waals surface area contributed by atoms with Crippen molar-refractivity contribution in [3.05, 3.63) is 0 Å². The van der Waals surface area contributed by atoms with E-state index < -0.39 is 0 Å². The van der Waals surface area contributed by atoms with Gasteiger partial charge in [0.2, 0.25) is 5.95 Å². The van der Waals surface area contributed by atoms with E-state index in [1.807, 2.05) is 6.92 Å². The van der Waals surface area contributed by atoms with E-state index in [4.69, 9.17) is 5.11 Å². The van der Waals surface area contributed by atoms with Gasteiger partial charge in [0, 0.05) is 19.7 Å². The van der Waals surface area contributed by atoms with Crippen LogP contribution in [-0.2, 0) is 7.05 Å². The lowest BCUT2D eigenvalue weighted by Gasteiger charge is -2.10. The van der Waals surface area contributed by atoms with Crippen molar-refractivity contribution in [2.24, 2.45) is 7.05 Å². The molecule has 1 aromatic heterocycles. The van der Waals surface area contributed by atoms with Gasteiger partial charge in [0.05, 0.1) is 0 Å². The molecule has 1 aromatic rings. The standard InChI is InChI=1S/C6H13N5O/c1-5(3-4-12)7-6-8-9-10-11(6)2/h5,12H,3-4H2,1-2H3,(H,7,8,10). The average molecular weight is 171 g/mol. The lowest BCUT2D eigenvalue weighted by molar-refractivity contribution is 0.282. The zero-order valence-electron chi connectivity index (χ0n) is 7.23. The van der Waals surface area contributed by atoms with E-state index in [0.717, 1.165) is 0 Å². The number of aliphatic hydroxyl groups is 1. The predicted octanol–water partition coefficient (Wildman–Crippen LogP) is -0.607. The lowest BCUT2D eigenvalue weighted by Crippen LogP contribution is -2.19. The number of nitrogens with zero attached hydrogens (tertiary/aromatic N) is 4. The molecule has 0 aromatic carbocycles. The average Bonchev–Trinajstić information content (AvgIpc) is 2.37. The Hall–Kier alpha value is -1.17. The molecule has 68 valence electrons. The van der Waals surface area contributed by atoms with Gasteiger partial charge >= 0.3 is 0 Å².